The maximum atomic E-state index is 11.9. The van der Waals surface area contributed by atoms with Crippen LogP contribution >= 0.6 is 0 Å². The quantitative estimate of drug-likeness (QED) is 0.168. The number of nitrogens with two attached hydrogens (primary N) is 1. The molecule has 0 saturated carbocycles. The Labute approximate surface area is 170 Å². The normalized spacial score (nSPS) is 12.6. The van der Waals surface area contributed by atoms with E-state index in [1.807, 2.05) is 6.92 Å². The first kappa shape index (κ1) is 26.5. The van der Waals surface area contributed by atoms with E-state index in [9.17, 15) is 29.1 Å². The first-order valence-corrected chi connectivity index (χ1v) is 9.97. The van der Waals surface area contributed by atoms with Gasteiger partial charge in [0.15, 0.2) is 5.78 Å². The number of unbranched alkanes of at least 4 members (excludes halogenated alkanes) is 3. The highest BCUT2D eigenvalue weighted by Crippen LogP contribution is 2.08. The minimum atomic E-state index is -1.27. The minimum absolute atomic E-state index is 0.0892. The molecule has 0 aromatic rings. The number of hydrogen-bond acceptors (Lipinski definition) is 6. The highest BCUT2D eigenvalue weighted by molar-refractivity contribution is 6.00. The summed E-state index contributed by atoms with van der Waals surface area (Å²) in [5.74, 6) is -5.38. The van der Waals surface area contributed by atoms with Crippen LogP contribution in [0.4, 0.5) is 0 Å². The Balaban J connectivity index is 4.38. The van der Waals surface area contributed by atoms with E-state index in [2.05, 4.69) is 10.6 Å². The highest BCUT2D eigenvalue weighted by Gasteiger charge is 2.26. The molecule has 2 atom stereocenters. The average molecular weight is 415 g/mol. The molecule has 6 N–H and O–H groups in total. The van der Waals surface area contributed by atoms with Gasteiger partial charge in [-0.1, -0.05) is 26.2 Å². The summed E-state index contributed by atoms with van der Waals surface area (Å²) in [6.07, 6.45) is 3.92. The van der Waals surface area contributed by atoms with Crippen molar-refractivity contribution in [3.63, 3.8) is 0 Å². The first-order valence-electron chi connectivity index (χ1n) is 9.97. The monoisotopic (exact) mass is 415 g/mol. The van der Waals surface area contributed by atoms with E-state index in [0.29, 0.717) is 12.8 Å². The van der Waals surface area contributed by atoms with Crippen LogP contribution in [0.15, 0.2) is 0 Å². The Morgan fingerprint density at radius 3 is 2.10 bits per heavy atom. The number of rotatable bonds is 17. The van der Waals surface area contributed by atoms with Crippen LogP contribution in [0.5, 0.6) is 0 Å². The van der Waals surface area contributed by atoms with Gasteiger partial charge in [-0.15, -0.1) is 0 Å². The second kappa shape index (κ2) is 15.4. The van der Waals surface area contributed by atoms with Crippen molar-refractivity contribution in [3.05, 3.63) is 0 Å². The van der Waals surface area contributed by atoms with E-state index in [-0.39, 0.29) is 38.1 Å². The van der Waals surface area contributed by atoms with Gasteiger partial charge < -0.3 is 26.6 Å². The largest absolute Gasteiger partial charge is 0.481 e. The Hall–Kier alpha value is -2.49. The molecule has 166 valence electrons. The number of carboxylic acids is 2. The zero-order chi connectivity index (χ0) is 22.2. The molecule has 10 heteroatoms. The Morgan fingerprint density at radius 2 is 1.55 bits per heavy atom. The number of carbonyl (C=O) groups is 5. The molecule has 0 aromatic heterocycles. The molecule has 0 bridgehead atoms. The van der Waals surface area contributed by atoms with Crippen LogP contribution in [-0.2, 0) is 24.0 Å². The van der Waals surface area contributed by atoms with Crippen LogP contribution in [0, 0.1) is 5.92 Å². The van der Waals surface area contributed by atoms with Gasteiger partial charge in [0.25, 0.3) is 0 Å². The molecule has 29 heavy (non-hydrogen) atoms. The smallest absolute Gasteiger partial charge is 0.326 e. The maximum Gasteiger partial charge on any atom is 0.326 e. The summed E-state index contributed by atoms with van der Waals surface area (Å²) in [5.41, 5.74) is 5.31. The van der Waals surface area contributed by atoms with Gasteiger partial charge in [0, 0.05) is 12.8 Å². The van der Waals surface area contributed by atoms with Crippen molar-refractivity contribution in [2.45, 2.75) is 70.8 Å². The Morgan fingerprint density at radius 1 is 0.862 bits per heavy atom. The van der Waals surface area contributed by atoms with Crippen molar-refractivity contribution in [2.24, 2.45) is 11.7 Å². The third kappa shape index (κ3) is 12.6. The van der Waals surface area contributed by atoms with E-state index >= 15 is 0 Å². The van der Waals surface area contributed by atoms with Crippen LogP contribution in [0.2, 0.25) is 0 Å². The van der Waals surface area contributed by atoms with E-state index in [1.165, 1.54) is 0 Å². The van der Waals surface area contributed by atoms with Crippen molar-refractivity contribution in [1.29, 1.82) is 0 Å². The summed E-state index contributed by atoms with van der Waals surface area (Å²) in [6, 6.07) is -1.20. The lowest BCUT2D eigenvalue weighted by molar-refractivity contribution is -0.147. The molecule has 0 radical (unpaired) electrons. The van der Waals surface area contributed by atoms with Gasteiger partial charge in [0.2, 0.25) is 11.8 Å². The maximum absolute atomic E-state index is 11.9. The van der Waals surface area contributed by atoms with Gasteiger partial charge in [-0.05, 0) is 32.2 Å². The predicted octanol–water partition coefficient (Wildman–Crippen LogP) is 0.431. The number of amides is 2. The van der Waals surface area contributed by atoms with Gasteiger partial charge in [0.1, 0.15) is 12.0 Å². The van der Waals surface area contributed by atoms with Gasteiger partial charge in [-0.2, -0.15) is 0 Å². The summed E-state index contributed by atoms with van der Waals surface area (Å²) in [6.45, 7) is 1.84. The molecule has 0 aromatic carbocycles. The van der Waals surface area contributed by atoms with Crippen molar-refractivity contribution < 1.29 is 34.2 Å². The van der Waals surface area contributed by atoms with Crippen molar-refractivity contribution in [2.75, 3.05) is 13.1 Å². The van der Waals surface area contributed by atoms with Crippen LogP contribution in [0.1, 0.15) is 64.7 Å². The van der Waals surface area contributed by atoms with Crippen LogP contribution in [-0.4, -0.2) is 58.9 Å². The fourth-order valence-electron chi connectivity index (χ4n) is 2.65. The molecule has 0 aliphatic heterocycles. The van der Waals surface area contributed by atoms with E-state index in [4.69, 9.17) is 10.8 Å². The summed E-state index contributed by atoms with van der Waals surface area (Å²) in [7, 11) is 0. The Bertz CT molecular complexity index is 566. The number of ketones is 1. The second-order valence-electron chi connectivity index (χ2n) is 6.87. The number of Topliss-reactive ketones (excluding diaryl/α,β-unsaturated/α-hetero) is 1. The number of carboxylic acid groups (broad SMARTS) is 2. The van der Waals surface area contributed by atoms with Crippen LogP contribution < -0.4 is 16.4 Å². The second-order valence-corrected chi connectivity index (χ2v) is 6.87. The molecule has 2 amide bonds. The summed E-state index contributed by atoms with van der Waals surface area (Å²) >= 11 is 0. The van der Waals surface area contributed by atoms with Crippen LogP contribution in [0.3, 0.4) is 0 Å². The van der Waals surface area contributed by atoms with Gasteiger partial charge in [-0.25, -0.2) is 4.79 Å². The summed E-state index contributed by atoms with van der Waals surface area (Å²) in [4.78, 5) is 58.0. The number of aliphatic carboxylic acids is 2. The zero-order valence-electron chi connectivity index (χ0n) is 16.9. The average Bonchev–Trinajstić information content (AvgIpc) is 2.66. The fourth-order valence-corrected chi connectivity index (χ4v) is 2.65. The number of hydrogen-bond donors (Lipinski definition) is 5. The lowest BCUT2D eigenvalue weighted by atomic mass is 9.98. The van der Waals surface area contributed by atoms with Gasteiger partial charge >= 0.3 is 11.9 Å². The molecular formula is C19H33N3O7. The lowest BCUT2D eigenvalue weighted by Crippen LogP contribution is -2.42. The topological polar surface area (TPSA) is 176 Å². The summed E-state index contributed by atoms with van der Waals surface area (Å²) in [5, 5.41) is 23.0. The first-order chi connectivity index (χ1) is 13.7. The zero-order valence-corrected chi connectivity index (χ0v) is 16.9. The fraction of sp³-hybridized carbons (Fsp3) is 0.737. The molecule has 0 heterocycles. The van der Waals surface area contributed by atoms with E-state index in [1.54, 1.807) is 0 Å². The third-order valence-electron chi connectivity index (χ3n) is 4.39. The molecule has 0 spiro atoms. The third-order valence-corrected chi connectivity index (χ3v) is 4.39. The predicted molar refractivity (Wildman–Crippen MR) is 105 cm³/mol. The van der Waals surface area contributed by atoms with E-state index < -0.39 is 42.1 Å². The lowest BCUT2D eigenvalue weighted by Gasteiger charge is -2.15. The van der Waals surface area contributed by atoms with Crippen molar-refractivity contribution >= 4 is 29.5 Å². The van der Waals surface area contributed by atoms with Crippen molar-refractivity contribution in [3.8, 4) is 0 Å². The highest BCUT2D eigenvalue weighted by atomic mass is 16.4. The van der Waals surface area contributed by atoms with Crippen molar-refractivity contribution in [1.82, 2.24) is 10.6 Å². The summed E-state index contributed by atoms with van der Waals surface area (Å²) < 4.78 is 0. The number of nitrogens with one attached hydrogen (secondary N) is 2. The number of carbonyl (C=O) groups excluding carboxylic acids is 3. The van der Waals surface area contributed by atoms with E-state index in [0.717, 1.165) is 19.3 Å². The molecule has 0 aliphatic carbocycles. The molecule has 1 unspecified atom stereocenters. The molecular weight excluding hydrogens is 382 g/mol. The molecule has 10 nitrogen and oxygen atoms in total. The minimum Gasteiger partial charge on any atom is -0.481 e. The molecule has 0 fully saturated rings. The van der Waals surface area contributed by atoms with Gasteiger partial charge in [-0.3, -0.25) is 19.2 Å². The molecule has 0 rings (SSSR count). The SMILES string of the molecule is CCCCCCC(=O)N[C@H](CCC(=O)NCC(=O)C(CCCN)C(=O)O)C(=O)O. The molecule has 0 saturated heterocycles. The standard InChI is InChI=1S/C19H33N3O7/c1-2-3-4-5-8-17(25)22-14(19(28)29)9-10-16(24)21-12-15(23)13(18(26)27)7-6-11-20/h13-14H,2-12,20H2,1H3,(H,21,24)(H,22,25)(H,26,27)(H,28,29)/t13?,14-/m1/s1. The Kier molecular flexibility index (Phi) is 14.1. The van der Waals surface area contributed by atoms with Gasteiger partial charge in [0.05, 0.1) is 6.54 Å². The van der Waals surface area contributed by atoms with Crippen LogP contribution in [0.25, 0.3) is 0 Å². The molecule has 0 aliphatic rings.